The number of carbonyl (C=O) groups excluding carboxylic acids is 1. The third-order valence-corrected chi connectivity index (χ3v) is 5.84. The Balaban J connectivity index is 1.87. The normalized spacial score (nSPS) is 12.1. The van der Waals surface area contributed by atoms with E-state index in [9.17, 15) is 4.79 Å². The van der Waals surface area contributed by atoms with Crippen LogP contribution in [0.25, 0.3) is 0 Å². The van der Waals surface area contributed by atoms with Gasteiger partial charge in [-0.3, -0.25) is 9.69 Å². The molecule has 33 heavy (non-hydrogen) atoms. The number of hydrogen-bond donors (Lipinski definition) is 1. The zero-order valence-electron chi connectivity index (χ0n) is 20.3. The second kappa shape index (κ2) is 11.0. The van der Waals surface area contributed by atoms with Crippen molar-refractivity contribution in [2.24, 2.45) is 7.05 Å². The summed E-state index contributed by atoms with van der Waals surface area (Å²) in [4.78, 5) is 20.1. The minimum atomic E-state index is -0.474. The minimum Gasteiger partial charge on any atom is -0.497 e. The topological polar surface area (TPSA) is 68.6 Å². The molecular weight excluding hydrogens is 416 g/mol. The molecule has 0 aliphatic rings. The summed E-state index contributed by atoms with van der Waals surface area (Å²) in [6, 6.07) is 13.4. The molecule has 0 fully saturated rings. The highest BCUT2D eigenvalue weighted by molar-refractivity contribution is 5.94. The highest BCUT2D eigenvalue weighted by atomic mass is 16.5. The van der Waals surface area contributed by atoms with Gasteiger partial charge in [-0.1, -0.05) is 19.1 Å². The van der Waals surface area contributed by atoms with E-state index in [0.717, 1.165) is 18.7 Å². The molecule has 3 rings (SSSR count). The molecule has 7 heteroatoms. The number of nitrogens with zero attached hydrogens (tertiary/aromatic N) is 3. The number of ether oxygens (including phenoxy) is 2. The third kappa shape index (κ3) is 5.93. The summed E-state index contributed by atoms with van der Waals surface area (Å²) in [6.07, 6.45) is 3.57. The van der Waals surface area contributed by atoms with E-state index >= 15 is 0 Å². The van der Waals surface area contributed by atoms with Crippen LogP contribution in [0.5, 0.6) is 11.5 Å². The summed E-state index contributed by atoms with van der Waals surface area (Å²) in [6.45, 7) is 8.38. The van der Waals surface area contributed by atoms with Gasteiger partial charge in [-0.05, 0) is 55.8 Å². The molecule has 0 bridgehead atoms. The molecule has 1 amide bonds. The Morgan fingerprint density at radius 3 is 2.21 bits per heavy atom. The van der Waals surface area contributed by atoms with Crippen molar-refractivity contribution in [3.05, 3.63) is 77.4 Å². The minimum absolute atomic E-state index is 0.174. The van der Waals surface area contributed by atoms with E-state index in [1.165, 1.54) is 5.56 Å². The molecule has 1 unspecified atom stereocenters. The van der Waals surface area contributed by atoms with Gasteiger partial charge in [0.1, 0.15) is 23.4 Å². The molecule has 2 aromatic carbocycles. The van der Waals surface area contributed by atoms with Gasteiger partial charge < -0.3 is 19.4 Å². The van der Waals surface area contributed by atoms with Crippen molar-refractivity contribution in [2.75, 3.05) is 20.8 Å². The first-order valence-corrected chi connectivity index (χ1v) is 11.2. The van der Waals surface area contributed by atoms with Gasteiger partial charge in [0.05, 0.1) is 14.2 Å². The summed E-state index contributed by atoms with van der Waals surface area (Å²) in [7, 11) is 5.11. The lowest BCUT2D eigenvalue weighted by atomic mass is 10.0. The highest BCUT2D eigenvalue weighted by Crippen LogP contribution is 2.29. The van der Waals surface area contributed by atoms with Gasteiger partial charge in [0.15, 0.2) is 0 Å². The molecule has 1 atom stereocenters. The first-order valence-electron chi connectivity index (χ1n) is 11.2. The fraction of sp³-hybridized carbons (Fsp3) is 0.385. The molecule has 1 aromatic heterocycles. The zero-order valence-corrected chi connectivity index (χ0v) is 20.3. The Labute approximate surface area is 196 Å². The van der Waals surface area contributed by atoms with E-state index < -0.39 is 6.04 Å². The number of aryl methyl sites for hydroxylation is 1. The average Bonchev–Trinajstić information content (AvgIpc) is 3.25. The Bertz CT molecular complexity index is 1040. The predicted molar refractivity (Wildman–Crippen MR) is 130 cm³/mol. The van der Waals surface area contributed by atoms with Gasteiger partial charge in [-0.15, -0.1) is 0 Å². The van der Waals surface area contributed by atoms with Gasteiger partial charge in [0.25, 0.3) is 5.91 Å². The molecule has 1 heterocycles. The molecule has 0 aliphatic carbocycles. The van der Waals surface area contributed by atoms with E-state index in [0.29, 0.717) is 28.9 Å². The van der Waals surface area contributed by atoms with E-state index in [-0.39, 0.29) is 5.91 Å². The summed E-state index contributed by atoms with van der Waals surface area (Å²) in [5.41, 5.74) is 2.60. The van der Waals surface area contributed by atoms with Crippen molar-refractivity contribution in [1.82, 2.24) is 19.8 Å². The maximum absolute atomic E-state index is 13.2. The SMILES string of the molecule is CCN(Cc1ccc(C(=O)NC(c2cc(OC)cc(OC)c2)c2nccn2C)cc1)C(C)C. The van der Waals surface area contributed by atoms with Crippen LogP contribution in [0.4, 0.5) is 0 Å². The molecule has 176 valence electrons. The van der Waals surface area contributed by atoms with Crippen molar-refractivity contribution in [2.45, 2.75) is 39.4 Å². The monoisotopic (exact) mass is 450 g/mol. The number of carbonyl (C=O) groups is 1. The Kier molecular flexibility index (Phi) is 8.11. The van der Waals surface area contributed by atoms with Gasteiger partial charge in [-0.2, -0.15) is 0 Å². The standard InChI is InChI=1S/C26H34N4O3/c1-7-30(18(2)3)17-19-8-10-20(11-9-19)26(31)28-24(25-27-12-13-29(25)4)21-14-22(32-5)16-23(15-21)33-6/h8-16,18,24H,7,17H2,1-6H3,(H,28,31). The largest absolute Gasteiger partial charge is 0.497 e. The van der Waals surface area contributed by atoms with Crippen LogP contribution in [0.2, 0.25) is 0 Å². The number of aromatic nitrogens is 2. The van der Waals surface area contributed by atoms with Crippen molar-refractivity contribution >= 4 is 5.91 Å². The van der Waals surface area contributed by atoms with E-state index in [1.807, 2.05) is 54.2 Å². The molecule has 0 radical (unpaired) electrons. The smallest absolute Gasteiger partial charge is 0.252 e. The molecular formula is C26H34N4O3. The van der Waals surface area contributed by atoms with Crippen LogP contribution >= 0.6 is 0 Å². The fourth-order valence-corrected chi connectivity index (χ4v) is 3.82. The number of hydrogen-bond acceptors (Lipinski definition) is 5. The van der Waals surface area contributed by atoms with E-state index in [2.05, 4.69) is 36.0 Å². The van der Waals surface area contributed by atoms with Gasteiger partial charge in [-0.25, -0.2) is 4.98 Å². The van der Waals surface area contributed by atoms with Gasteiger partial charge >= 0.3 is 0 Å². The summed E-state index contributed by atoms with van der Waals surface area (Å²) in [5.74, 6) is 1.83. The number of benzene rings is 2. The number of amides is 1. The van der Waals surface area contributed by atoms with Crippen LogP contribution in [-0.4, -0.2) is 47.2 Å². The van der Waals surface area contributed by atoms with Crippen LogP contribution in [0.3, 0.4) is 0 Å². The fourth-order valence-electron chi connectivity index (χ4n) is 3.82. The lowest BCUT2D eigenvalue weighted by Gasteiger charge is -2.24. The first-order chi connectivity index (χ1) is 15.9. The molecule has 0 saturated carbocycles. The number of methoxy groups -OCH3 is 2. The Hall–Kier alpha value is -3.32. The predicted octanol–water partition coefficient (Wildman–Crippen LogP) is 4.19. The summed E-state index contributed by atoms with van der Waals surface area (Å²) < 4.78 is 12.8. The lowest BCUT2D eigenvalue weighted by Crippen LogP contribution is -2.31. The van der Waals surface area contributed by atoms with Crippen LogP contribution < -0.4 is 14.8 Å². The van der Waals surface area contributed by atoms with Crippen molar-refractivity contribution < 1.29 is 14.3 Å². The van der Waals surface area contributed by atoms with Crippen molar-refractivity contribution in [3.63, 3.8) is 0 Å². The molecule has 0 aliphatic heterocycles. The zero-order chi connectivity index (χ0) is 24.0. The van der Waals surface area contributed by atoms with Crippen LogP contribution in [-0.2, 0) is 13.6 Å². The van der Waals surface area contributed by atoms with Crippen LogP contribution in [0.15, 0.2) is 54.9 Å². The molecule has 3 aromatic rings. The molecule has 1 N–H and O–H groups in total. The number of nitrogens with one attached hydrogen (secondary N) is 1. The number of imidazole rings is 1. The average molecular weight is 451 g/mol. The second-order valence-corrected chi connectivity index (χ2v) is 8.30. The number of rotatable bonds is 10. The summed E-state index contributed by atoms with van der Waals surface area (Å²) >= 11 is 0. The maximum Gasteiger partial charge on any atom is 0.252 e. The molecule has 7 nitrogen and oxygen atoms in total. The molecule has 0 spiro atoms. The third-order valence-electron chi connectivity index (χ3n) is 5.84. The van der Waals surface area contributed by atoms with Gasteiger partial charge in [0, 0.05) is 43.7 Å². The molecule has 0 saturated heterocycles. The van der Waals surface area contributed by atoms with E-state index in [4.69, 9.17) is 9.47 Å². The van der Waals surface area contributed by atoms with Crippen LogP contribution in [0, 0.1) is 0 Å². The Morgan fingerprint density at radius 2 is 1.73 bits per heavy atom. The van der Waals surface area contributed by atoms with Gasteiger partial charge in [0.2, 0.25) is 0 Å². The van der Waals surface area contributed by atoms with Crippen molar-refractivity contribution in [1.29, 1.82) is 0 Å². The second-order valence-electron chi connectivity index (χ2n) is 8.30. The highest BCUT2D eigenvalue weighted by Gasteiger charge is 2.23. The lowest BCUT2D eigenvalue weighted by molar-refractivity contribution is 0.0941. The maximum atomic E-state index is 13.2. The first kappa shape index (κ1) is 24.3. The van der Waals surface area contributed by atoms with Crippen LogP contribution in [0.1, 0.15) is 54.1 Å². The van der Waals surface area contributed by atoms with E-state index in [1.54, 1.807) is 26.5 Å². The van der Waals surface area contributed by atoms with Crippen molar-refractivity contribution in [3.8, 4) is 11.5 Å². The quantitative estimate of drug-likeness (QED) is 0.502. The summed E-state index contributed by atoms with van der Waals surface area (Å²) in [5, 5.41) is 3.14. The Morgan fingerprint density at radius 1 is 1.09 bits per heavy atom.